The maximum atomic E-state index is 13.5. The number of anilines is 2. The smallest absolute Gasteiger partial charge is 0.272 e. The van der Waals surface area contributed by atoms with Gasteiger partial charge in [-0.15, -0.1) is 23.1 Å². The first-order valence-corrected chi connectivity index (χ1v) is 16.7. The molecule has 0 saturated carbocycles. The number of nitrogens with zero attached hydrogens (tertiary/aromatic N) is 1. The number of thiazole rings is 1. The van der Waals surface area contributed by atoms with E-state index in [0.29, 0.717) is 33.4 Å². The normalized spacial score (nSPS) is 11.8. The predicted octanol–water partition coefficient (Wildman–Crippen LogP) is 8.69. The number of aryl methyl sites for hydroxylation is 1. The van der Waals surface area contributed by atoms with Crippen molar-refractivity contribution >= 4 is 69.3 Å². The zero-order valence-electron chi connectivity index (χ0n) is 25.1. The summed E-state index contributed by atoms with van der Waals surface area (Å²) in [5, 5.41) is 11.2. The molecule has 3 N–H and O–H groups in total. The van der Waals surface area contributed by atoms with Crippen LogP contribution >= 0.6 is 34.7 Å². The van der Waals surface area contributed by atoms with E-state index in [1.165, 1.54) is 28.7 Å². The molecule has 0 bridgehead atoms. The van der Waals surface area contributed by atoms with E-state index in [4.69, 9.17) is 11.6 Å². The number of hydrogen-bond acceptors (Lipinski definition) is 6. The van der Waals surface area contributed by atoms with E-state index in [9.17, 15) is 14.4 Å². The molecule has 1 atom stereocenters. The Hall–Kier alpha value is -4.70. The monoisotopic (exact) mass is 666 g/mol. The van der Waals surface area contributed by atoms with Gasteiger partial charge in [0, 0.05) is 32.1 Å². The molecule has 1 aromatic heterocycles. The molecule has 10 heteroatoms. The molecule has 46 heavy (non-hydrogen) atoms. The number of thioether (sulfide) groups is 1. The van der Waals surface area contributed by atoms with Gasteiger partial charge in [0.25, 0.3) is 11.8 Å². The standard InChI is InChI=1S/C36H31ClN4O3S2/c1-3-32(35(44)41-36-40-31(22-45-36)25-16-12-23(2)13-17-25)46-29-11-7-10-28(21-29)38-34(43)30(20-24-14-18-27(37)19-15-24)39-33(42)26-8-5-4-6-9-26/h4-22,32H,3H2,1-2H3,(H,38,43)(H,39,42)(H,40,41,44)/b30-20-. The molecule has 0 aliphatic heterocycles. The molecule has 4 aromatic carbocycles. The minimum atomic E-state index is -0.501. The number of benzene rings is 4. The maximum absolute atomic E-state index is 13.5. The second kappa shape index (κ2) is 15.5. The highest BCUT2D eigenvalue weighted by atomic mass is 35.5. The third kappa shape index (κ3) is 8.94. The Morgan fingerprint density at radius 3 is 2.37 bits per heavy atom. The zero-order chi connectivity index (χ0) is 32.5. The molecular formula is C36H31ClN4O3S2. The third-order valence-electron chi connectivity index (χ3n) is 6.82. The number of aromatic nitrogens is 1. The van der Waals surface area contributed by atoms with Gasteiger partial charge in [-0.3, -0.25) is 14.4 Å². The number of rotatable bonds is 11. The van der Waals surface area contributed by atoms with Crippen LogP contribution in [0.3, 0.4) is 0 Å². The van der Waals surface area contributed by atoms with Gasteiger partial charge >= 0.3 is 0 Å². The Kier molecular flexibility index (Phi) is 11.0. The van der Waals surface area contributed by atoms with Crippen LogP contribution in [0.4, 0.5) is 10.8 Å². The van der Waals surface area contributed by atoms with Crippen LogP contribution in [0.1, 0.15) is 34.8 Å². The van der Waals surface area contributed by atoms with Crippen molar-refractivity contribution in [2.75, 3.05) is 10.6 Å². The summed E-state index contributed by atoms with van der Waals surface area (Å²) in [6.07, 6.45) is 2.17. The van der Waals surface area contributed by atoms with E-state index in [0.717, 1.165) is 16.2 Å². The van der Waals surface area contributed by atoms with Gasteiger partial charge in [-0.2, -0.15) is 0 Å². The largest absolute Gasteiger partial charge is 0.321 e. The summed E-state index contributed by atoms with van der Waals surface area (Å²) < 4.78 is 0. The number of carbonyl (C=O) groups excluding carboxylic acids is 3. The average Bonchev–Trinajstić information content (AvgIpc) is 3.53. The lowest BCUT2D eigenvalue weighted by Crippen LogP contribution is -2.30. The van der Waals surface area contributed by atoms with Crippen LogP contribution in [-0.2, 0) is 9.59 Å². The first-order chi connectivity index (χ1) is 22.3. The predicted molar refractivity (Wildman–Crippen MR) is 189 cm³/mol. The lowest BCUT2D eigenvalue weighted by molar-refractivity contribution is -0.116. The van der Waals surface area contributed by atoms with Gasteiger partial charge in [-0.1, -0.05) is 84.8 Å². The first-order valence-electron chi connectivity index (χ1n) is 14.5. The van der Waals surface area contributed by atoms with Crippen LogP contribution in [0.25, 0.3) is 17.3 Å². The second-order valence-electron chi connectivity index (χ2n) is 10.3. The van der Waals surface area contributed by atoms with E-state index in [1.807, 2.05) is 61.7 Å². The number of halogens is 1. The third-order valence-corrected chi connectivity index (χ3v) is 9.19. The van der Waals surface area contributed by atoms with Crippen LogP contribution in [0.2, 0.25) is 5.02 Å². The fraction of sp³-hybridized carbons (Fsp3) is 0.111. The van der Waals surface area contributed by atoms with Crippen LogP contribution in [0.5, 0.6) is 0 Å². The van der Waals surface area contributed by atoms with E-state index in [2.05, 4.69) is 20.9 Å². The molecular weight excluding hydrogens is 636 g/mol. The molecule has 0 fully saturated rings. The van der Waals surface area contributed by atoms with Crippen LogP contribution in [0.15, 0.2) is 119 Å². The number of hydrogen-bond donors (Lipinski definition) is 3. The van der Waals surface area contributed by atoms with Gasteiger partial charge in [0.2, 0.25) is 5.91 Å². The summed E-state index contributed by atoms with van der Waals surface area (Å²) in [6, 6.07) is 30.9. The quantitative estimate of drug-likeness (QED) is 0.0967. The molecule has 1 heterocycles. The molecule has 1 unspecified atom stereocenters. The van der Waals surface area contributed by atoms with E-state index in [1.54, 1.807) is 66.7 Å². The summed E-state index contributed by atoms with van der Waals surface area (Å²) in [4.78, 5) is 45.0. The Bertz CT molecular complexity index is 1860. The molecule has 5 rings (SSSR count). The zero-order valence-corrected chi connectivity index (χ0v) is 27.5. The van der Waals surface area contributed by atoms with Gasteiger partial charge in [0.1, 0.15) is 5.70 Å². The highest BCUT2D eigenvalue weighted by Gasteiger charge is 2.20. The molecule has 0 radical (unpaired) electrons. The van der Waals surface area contributed by atoms with Crippen molar-refractivity contribution in [3.05, 3.63) is 136 Å². The Labute approximate surface area is 281 Å². The average molecular weight is 667 g/mol. The molecule has 0 aliphatic rings. The molecule has 0 aliphatic carbocycles. The van der Waals surface area contributed by atoms with Crippen molar-refractivity contribution in [3.63, 3.8) is 0 Å². The Morgan fingerprint density at radius 2 is 1.65 bits per heavy atom. The summed E-state index contributed by atoms with van der Waals surface area (Å²) in [5.41, 5.74) is 4.67. The van der Waals surface area contributed by atoms with Gasteiger partial charge < -0.3 is 16.0 Å². The summed E-state index contributed by atoms with van der Waals surface area (Å²) >= 11 is 8.82. The number of nitrogens with one attached hydrogen (secondary N) is 3. The highest BCUT2D eigenvalue weighted by Crippen LogP contribution is 2.30. The number of amides is 3. The van der Waals surface area contributed by atoms with E-state index >= 15 is 0 Å². The fourth-order valence-electron chi connectivity index (χ4n) is 4.37. The highest BCUT2D eigenvalue weighted by molar-refractivity contribution is 8.00. The maximum Gasteiger partial charge on any atom is 0.272 e. The minimum Gasteiger partial charge on any atom is -0.321 e. The molecule has 5 aromatic rings. The van der Waals surface area contributed by atoms with Crippen molar-refractivity contribution in [1.29, 1.82) is 0 Å². The molecule has 0 spiro atoms. The summed E-state index contributed by atoms with van der Waals surface area (Å²) in [5.74, 6) is -1.06. The van der Waals surface area contributed by atoms with E-state index < -0.39 is 11.8 Å². The Balaban J connectivity index is 1.27. The van der Waals surface area contributed by atoms with Crippen molar-refractivity contribution in [1.82, 2.24) is 10.3 Å². The molecule has 232 valence electrons. The van der Waals surface area contributed by atoms with Gasteiger partial charge in [-0.05, 0) is 67.4 Å². The second-order valence-corrected chi connectivity index (χ2v) is 12.9. The van der Waals surface area contributed by atoms with Gasteiger partial charge in [-0.25, -0.2) is 4.98 Å². The molecule has 7 nitrogen and oxygen atoms in total. The van der Waals surface area contributed by atoms with Crippen molar-refractivity contribution in [2.45, 2.75) is 30.4 Å². The minimum absolute atomic E-state index is 0.0634. The van der Waals surface area contributed by atoms with E-state index in [-0.39, 0.29) is 16.9 Å². The van der Waals surface area contributed by atoms with Gasteiger partial charge in [0.15, 0.2) is 5.13 Å². The van der Waals surface area contributed by atoms with Crippen LogP contribution < -0.4 is 16.0 Å². The summed E-state index contributed by atoms with van der Waals surface area (Å²) in [7, 11) is 0. The van der Waals surface area contributed by atoms with Crippen molar-refractivity contribution < 1.29 is 14.4 Å². The van der Waals surface area contributed by atoms with Crippen LogP contribution in [-0.4, -0.2) is 28.0 Å². The fourth-order valence-corrected chi connectivity index (χ4v) is 6.24. The lowest BCUT2D eigenvalue weighted by atomic mass is 10.1. The first kappa shape index (κ1) is 32.7. The lowest BCUT2D eigenvalue weighted by Gasteiger charge is -2.15. The van der Waals surface area contributed by atoms with Gasteiger partial charge in [0.05, 0.1) is 10.9 Å². The molecule has 0 saturated heterocycles. The summed E-state index contributed by atoms with van der Waals surface area (Å²) in [6.45, 7) is 3.98. The van der Waals surface area contributed by atoms with Crippen LogP contribution in [0, 0.1) is 6.92 Å². The molecule has 3 amide bonds. The van der Waals surface area contributed by atoms with Crippen molar-refractivity contribution in [3.8, 4) is 11.3 Å². The number of carbonyl (C=O) groups is 3. The Morgan fingerprint density at radius 1 is 0.913 bits per heavy atom. The SMILES string of the molecule is CCC(Sc1cccc(NC(=O)/C(=C/c2ccc(Cl)cc2)NC(=O)c2ccccc2)c1)C(=O)Nc1nc(-c2ccc(C)cc2)cs1. The van der Waals surface area contributed by atoms with Crippen molar-refractivity contribution in [2.24, 2.45) is 0 Å². The topological polar surface area (TPSA) is 100 Å².